The van der Waals surface area contributed by atoms with Crippen molar-refractivity contribution in [2.24, 2.45) is 10.3 Å². The monoisotopic (exact) mass is 272 g/mol. The van der Waals surface area contributed by atoms with Crippen molar-refractivity contribution in [3.63, 3.8) is 0 Å². The van der Waals surface area contributed by atoms with Crippen molar-refractivity contribution >= 4 is 5.69 Å². The lowest BCUT2D eigenvalue weighted by Crippen LogP contribution is -2.63. The van der Waals surface area contributed by atoms with E-state index in [0.29, 0.717) is 6.04 Å². The Balaban J connectivity index is 1.72. The molecular weight excluding hydrogens is 252 g/mol. The average Bonchev–Trinajstić information content (AvgIpc) is 3.08. The molecule has 2 fully saturated rings. The third kappa shape index (κ3) is 1.70. The van der Waals surface area contributed by atoms with Gasteiger partial charge in [0, 0.05) is 13.1 Å². The predicted octanol–water partition coefficient (Wildman–Crippen LogP) is 2.45. The van der Waals surface area contributed by atoms with Crippen molar-refractivity contribution in [3.05, 3.63) is 30.3 Å². The lowest BCUT2D eigenvalue weighted by atomic mass is 10.00. The van der Waals surface area contributed by atoms with Crippen molar-refractivity contribution in [1.82, 2.24) is 4.90 Å². The van der Waals surface area contributed by atoms with Crippen LogP contribution in [0.1, 0.15) is 19.3 Å². The molecule has 0 bridgehead atoms. The van der Waals surface area contributed by atoms with E-state index in [2.05, 4.69) is 44.5 Å². The molecule has 1 saturated carbocycles. The van der Waals surface area contributed by atoms with Crippen molar-refractivity contribution < 1.29 is 4.74 Å². The van der Waals surface area contributed by atoms with Crippen molar-refractivity contribution in [3.8, 4) is 0 Å². The van der Waals surface area contributed by atoms with Crippen molar-refractivity contribution in [2.45, 2.75) is 31.0 Å². The first-order chi connectivity index (χ1) is 9.91. The Kier molecular flexibility index (Phi) is 2.97. The zero-order chi connectivity index (χ0) is 13.4. The molecule has 1 aromatic rings. The van der Waals surface area contributed by atoms with E-state index in [1.54, 1.807) is 0 Å². The van der Waals surface area contributed by atoms with Crippen LogP contribution in [0.2, 0.25) is 0 Å². The van der Waals surface area contributed by atoms with E-state index in [1.807, 2.05) is 6.07 Å². The molecule has 0 unspecified atom stereocenters. The highest BCUT2D eigenvalue weighted by Crippen LogP contribution is 2.46. The minimum Gasteiger partial charge on any atom is -0.379 e. The Hall–Kier alpha value is -1.46. The normalized spacial score (nSPS) is 33.6. The maximum absolute atomic E-state index is 5.52. The van der Waals surface area contributed by atoms with E-state index < -0.39 is 0 Å². The van der Waals surface area contributed by atoms with Crippen LogP contribution in [-0.4, -0.2) is 42.9 Å². The summed E-state index contributed by atoms with van der Waals surface area (Å²) in [6.07, 6.45) is 3.51. The number of hydrogen-bond acceptors (Lipinski definition) is 5. The van der Waals surface area contributed by atoms with E-state index in [4.69, 9.17) is 4.74 Å². The minimum absolute atomic E-state index is 0.0505. The Morgan fingerprint density at radius 2 is 1.95 bits per heavy atom. The zero-order valence-corrected chi connectivity index (χ0v) is 11.6. The highest BCUT2D eigenvalue weighted by atomic mass is 16.5. The Labute approximate surface area is 119 Å². The largest absolute Gasteiger partial charge is 0.379 e. The van der Waals surface area contributed by atoms with Gasteiger partial charge in [0.1, 0.15) is 11.7 Å². The summed E-state index contributed by atoms with van der Waals surface area (Å²) in [5.41, 5.74) is 1.10. The van der Waals surface area contributed by atoms with Crippen LogP contribution in [0.5, 0.6) is 0 Å². The van der Waals surface area contributed by atoms with Crippen LogP contribution in [0.4, 0.5) is 5.69 Å². The highest BCUT2D eigenvalue weighted by molar-refractivity contribution is 5.49. The zero-order valence-electron chi connectivity index (χ0n) is 11.6. The van der Waals surface area contributed by atoms with Crippen LogP contribution < -0.4 is 5.01 Å². The third-order valence-corrected chi connectivity index (χ3v) is 4.76. The second kappa shape index (κ2) is 4.82. The molecule has 1 saturated heterocycles. The predicted molar refractivity (Wildman–Crippen MR) is 76.5 cm³/mol. The molecular formula is C15H20N4O. The van der Waals surface area contributed by atoms with E-state index in [0.717, 1.165) is 44.8 Å². The van der Waals surface area contributed by atoms with Gasteiger partial charge < -0.3 is 4.74 Å². The van der Waals surface area contributed by atoms with E-state index in [-0.39, 0.29) is 5.66 Å². The first-order valence-electron chi connectivity index (χ1n) is 7.50. The molecule has 2 aliphatic heterocycles. The molecule has 4 rings (SSSR count). The van der Waals surface area contributed by atoms with Crippen molar-refractivity contribution in [2.75, 3.05) is 31.3 Å². The first-order valence-corrected chi connectivity index (χ1v) is 7.50. The Morgan fingerprint density at radius 1 is 1.15 bits per heavy atom. The number of morpholine rings is 1. The fourth-order valence-corrected chi connectivity index (χ4v) is 3.84. The fraction of sp³-hybridized carbons (Fsp3) is 0.600. The molecule has 2 heterocycles. The Bertz CT molecular complexity index is 500. The second-order valence-corrected chi connectivity index (χ2v) is 5.74. The second-order valence-electron chi connectivity index (χ2n) is 5.74. The van der Waals surface area contributed by atoms with Gasteiger partial charge in [-0.1, -0.05) is 23.4 Å². The van der Waals surface area contributed by atoms with Crippen LogP contribution in [-0.2, 0) is 4.74 Å². The Morgan fingerprint density at radius 3 is 2.75 bits per heavy atom. The number of nitrogens with zero attached hydrogens (tertiary/aromatic N) is 4. The summed E-state index contributed by atoms with van der Waals surface area (Å²) in [6, 6.07) is 10.7. The molecule has 5 heteroatoms. The quantitative estimate of drug-likeness (QED) is 0.830. The van der Waals surface area contributed by atoms with Gasteiger partial charge in [0.2, 0.25) is 0 Å². The summed E-state index contributed by atoms with van der Waals surface area (Å²) >= 11 is 0. The molecule has 0 aromatic heterocycles. The van der Waals surface area contributed by atoms with Gasteiger partial charge in [0.05, 0.1) is 18.9 Å². The molecule has 2 atom stereocenters. The molecule has 20 heavy (non-hydrogen) atoms. The van der Waals surface area contributed by atoms with Crippen LogP contribution in [0.3, 0.4) is 0 Å². The van der Waals surface area contributed by atoms with Crippen LogP contribution in [0.15, 0.2) is 40.7 Å². The molecule has 0 N–H and O–H groups in total. The standard InChI is InChI=1S/C15H20N4O/c1-2-5-13(6-3-1)19-15(18-9-11-20-12-10-18)8-4-7-14(15)16-17-19/h1-3,5-6,14H,4,7-12H2/t14-,15+/m0/s1. The summed E-state index contributed by atoms with van der Waals surface area (Å²) in [5, 5.41) is 11.2. The molecule has 1 aliphatic carbocycles. The van der Waals surface area contributed by atoms with Gasteiger partial charge in [0.15, 0.2) is 0 Å². The SMILES string of the molecule is c1ccc(N2N=N[C@H]3CCC[C@]32N2CCOCC2)cc1. The minimum atomic E-state index is -0.0505. The molecule has 3 aliphatic rings. The lowest BCUT2D eigenvalue weighted by molar-refractivity contribution is -0.0214. The smallest absolute Gasteiger partial charge is 0.142 e. The average molecular weight is 272 g/mol. The number of benzene rings is 1. The number of hydrogen-bond donors (Lipinski definition) is 0. The van der Waals surface area contributed by atoms with E-state index >= 15 is 0 Å². The van der Waals surface area contributed by atoms with Crippen LogP contribution in [0, 0.1) is 0 Å². The molecule has 1 aromatic carbocycles. The summed E-state index contributed by atoms with van der Waals surface area (Å²) < 4.78 is 5.52. The third-order valence-electron chi connectivity index (χ3n) is 4.76. The number of ether oxygens (including phenoxy) is 1. The molecule has 5 nitrogen and oxygen atoms in total. The number of anilines is 1. The summed E-state index contributed by atoms with van der Waals surface area (Å²) in [7, 11) is 0. The lowest BCUT2D eigenvalue weighted by Gasteiger charge is -2.46. The molecule has 0 spiro atoms. The first kappa shape index (κ1) is 12.3. The van der Waals surface area contributed by atoms with Gasteiger partial charge in [-0.2, -0.15) is 5.11 Å². The van der Waals surface area contributed by atoms with Crippen LogP contribution >= 0.6 is 0 Å². The summed E-state index contributed by atoms with van der Waals surface area (Å²) in [6.45, 7) is 3.59. The topological polar surface area (TPSA) is 40.4 Å². The van der Waals surface area contributed by atoms with Crippen molar-refractivity contribution in [1.29, 1.82) is 0 Å². The van der Waals surface area contributed by atoms with Gasteiger partial charge in [0.25, 0.3) is 0 Å². The summed E-state index contributed by atoms with van der Waals surface area (Å²) in [5.74, 6) is 0. The number of para-hydroxylation sites is 1. The molecule has 106 valence electrons. The van der Waals surface area contributed by atoms with Gasteiger partial charge in [-0.3, -0.25) is 4.90 Å². The number of rotatable bonds is 2. The van der Waals surface area contributed by atoms with Crippen LogP contribution in [0.25, 0.3) is 0 Å². The summed E-state index contributed by atoms with van der Waals surface area (Å²) in [4.78, 5) is 2.54. The highest BCUT2D eigenvalue weighted by Gasteiger charge is 2.56. The molecule has 0 radical (unpaired) electrons. The van der Waals surface area contributed by atoms with E-state index in [9.17, 15) is 0 Å². The molecule has 0 amide bonds. The maximum Gasteiger partial charge on any atom is 0.142 e. The number of fused-ring (bicyclic) bond motifs is 1. The van der Waals surface area contributed by atoms with Gasteiger partial charge in [-0.25, -0.2) is 5.01 Å². The van der Waals surface area contributed by atoms with Gasteiger partial charge >= 0.3 is 0 Å². The maximum atomic E-state index is 5.52. The van der Waals surface area contributed by atoms with Gasteiger partial charge in [-0.05, 0) is 31.4 Å². The fourth-order valence-electron chi connectivity index (χ4n) is 3.84. The van der Waals surface area contributed by atoms with E-state index in [1.165, 1.54) is 6.42 Å². The van der Waals surface area contributed by atoms with Gasteiger partial charge in [-0.15, -0.1) is 0 Å².